The maximum Gasteiger partial charge on any atom is 0.255 e. The van der Waals surface area contributed by atoms with E-state index in [9.17, 15) is 4.79 Å². The number of carbonyl (C=O) groups is 1. The molecule has 1 aliphatic heterocycles. The van der Waals surface area contributed by atoms with Crippen LogP contribution < -0.4 is 4.74 Å². The summed E-state index contributed by atoms with van der Waals surface area (Å²) in [6.07, 6.45) is 3.39. The predicted molar refractivity (Wildman–Crippen MR) is 87.5 cm³/mol. The first-order chi connectivity index (χ1) is 11.2. The Morgan fingerprint density at radius 3 is 2.78 bits per heavy atom. The molecule has 6 heteroatoms. The third-order valence-electron chi connectivity index (χ3n) is 3.63. The fourth-order valence-electron chi connectivity index (χ4n) is 2.36. The summed E-state index contributed by atoms with van der Waals surface area (Å²) in [5, 5.41) is 8.74. The molecule has 0 radical (unpaired) electrons. The molecule has 0 bridgehead atoms. The lowest BCUT2D eigenvalue weighted by Crippen LogP contribution is -2.56. The molecule has 116 valence electrons. The van der Waals surface area contributed by atoms with Gasteiger partial charge in [-0.3, -0.25) is 4.79 Å². The van der Waals surface area contributed by atoms with E-state index in [1.54, 1.807) is 28.8 Å². The smallest absolute Gasteiger partial charge is 0.255 e. The summed E-state index contributed by atoms with van der Waals surface area (Å²) in [7, 11) is 0. The molecule has 0 N–H and O–H groups in total. The van der Waals surface area contributed by atoms with Crippen molar-refractivity contribution in [3.8, 4) is 11.9 Å². The van der Waals surface area contributed by atoms with E-state index >= 15 is 0 Å². The highest BCUT2D eigenvalue weighted by atomic mass is 32.2. The van der Waals surface area contributed by atoms with Gasteiger partial charge < -0.3 is 9.64 Å². The quantitative estimate of drug-likeness (QED) is 0.808. The van der Waals surface area contributed by atoms with E-state index in [1.165, 1.54) is 6.20 Å². The Hall–Kier alpha value is -2.52. The summed E-state index contributed by atoms with van der Waals surface area (Å²) >= 11 is 1.57. The number of carbonyl (C=O) groups excluding carboxylic acids is 1. The van der Waals surface area contributed by atoms with Gasteiger partial charge >= 0.3 is 0 Å². The molecule has 1 aromatic carbocycles. The lowest BCUT2D eigenvalue weighted by Gasteiger charge is -2.38. The van der Waals surface area contributed by atoms with Crippen LogP contribution >= 0.6 is 11.8 Å². The largest absolute Gasteiger partial charge is 0.471 e. The summed E-state index contributed by atoms with van der Waals surface area (Å²) in [5.41, 5.74) is 1.23. The Bertz CT molecular complexity index is 749. The first-order valence-corrected chi connectivity index (χ1v) is 8.39. The standard InChI is InChI=1S/C17H15N3O2S/c1-23-15-5-3-2-4-14(15)17(21)20-10-13(11-20)22-16-7-6-12(8-18)9-19-16/h2-7,9,13H,10-11H2,1H3. The van der Waals surface area contributed by atoms with Crippen molar-refractivity contribution >= 4 is 17.7 Å². The normalized spacial score (nSPS) is 14.0. The average molecular weight is 325 g/mol. The van der Waals surface area contributed by atoms with Crippen LogP contribution in [0.15, 0.2) is 47.5 Å². The zero-order valence-corrected chi connectivity index (χ0v) is 13.4. The predicted octanol–water partition coefficient (Wildman–Crippen LogP) is 2.58. The van der Waals surface area contributed by atoms with Gasteiger partial charge in [0.2, 0.25) is 5.88 Å². The van der Waals surface area contributed by atoms with Crippen molar-refractivity contribution in [1.29, 1.82) is 5.26 Å². The number of hydrogen-bond acceptors (Lipinski definition) is 5. The van der Waals surface area contributed by atoms with Crippen LogP contribution in [-0.4, -0.2) is 41.2 Å². The Kier molecular flexibility index (Phi) is 4.49. The SMILES string of the molecule is CSc1ccccc1C(=O)N1CC(Oc2ccc(C#N)cn2)C1. The third kappa shape index (κ3) is 3.30. The monoisotopic (exact) mass is 325 g/mol. The van der Waals surface area contributed by atoms with Crippen LogP contribution in [0.3, 0.4) is 0 Å². The fraction of sp³-hybridized carbons (Fsp3) is 0.235. The van der Waals surface area contributed by atoms with Crippen LogP contribution in [0.1, 0.15) is 15.9 Å². The number of benzene rings is 1. The molecule has 2 heterocycles. The van der Waals surface area contributed by atoms with E-state index in [0.29, 0.717) is 24.5 Å². The molecule has 1 saturated heterocycles. The van der Waals surface area contributed by atoms with Crippen molar-refractivity contribution in [3.63, 3.8) is 0 Å². The molecule has 1 fully saturated rings. The maximum atomic E-state index is 12.5. The second kappa shape index (κ2) is 6.71. The highest BCUT2D eigenvalue weighted by Gasteiger charge is 2.33. The first kappa shape index (κ1) is 15.4. The van der Waals surface area contributed by atoms with Crippen molar-refractivity contribution in [1.82, 2.24) is 9.88 Å². The molecule has 3 rings (SSSR count). The third-order valence-corrected chi connectivity index (χ3v) is 4.42. The highest BCUT2D eigenvalue weighted by molar-refractivity contribution is 7.98. The number of likely N-dealkylation sites (tertiary alicyclic amines) is 1. The molecular formula is C17H15N3O2S. The van der Waals surface area contributed by atoms with E-state index in [4.69, 9.17) is 10.00 Å². The van der Waals surface area contributed by atoms with Gasteiger partial charge in [0.25, 0.3) is 5.91 Å². The van der Waals surface area contributed by atoms with Gasteiger partial charge in [-0.15, -0.1) is 11.8 Å². The van der Waals surface area contributed by atoms with Crippen LogP contribution in [0.4, 0.5) is 0 Å². The Balaban J connectivity index is 1.58. The van der Waals surface area contributed by atoms with Crippen LogP contribution in [0.25, 0.3) is 0 Å². The molecule has 0 unspecified atom stereocenters. The topological polar surface area (TPSA) is 66.2 Å². The van der Waals surface area contributed by atoms with Gasteiger partial charge in [0.15, 0.2) is 0 Å². The van der Waals surface area contributed by atoms with Crippen LogP contribution in [0.2, 0.25) is 0 Å². The van der Waals surface area contributed by atoms with E-state index in [-0.39, 0.29) is 12.0 Å². The second-order valence-corrected chi connectivity index (χ2v) is 6.00. The molecule has 0 atom stereocenters. The van der Waals surface area contributed by atoms with Gasteiger partial charge in [0.1, 0.15) is 12.2 Å². The average Bonchev–Trinajstić information content (AvgIpc) is 2.57. The van der Waals surface area contributed by atoms with Gasteiger partial charge in [-0.1, -0.05) is 12.1 Å². The van der Waals surface area contributed by atoms with E-state index in [2.05, 4.69) is 4.98 Å². The zero-order valence-electron chi connectivity index (χ0n) is 12.6. The summed E-state index contributed by atoms with van der Waals surface area (Å²) < 4.78 is 5.70. The van der Waals surface area contributed by atoms with Crippen LogP contribution in [0, 0.1) is 11.3 Å². The van der Waals surface area contributed by atoms with Gasteiger partial charge in [0.05, 0.1) is 24.2 Å². The minimum atomic E-state index is -0.0548. The van der Waals surface area contributed by atoms with Crippen molar-refractivity contribution in [2.24, 2.45) is 0 Å². The van der Waals surface area contributed by atoms with E-state index in [1.807, 2.05) is 36.6 Å². The van der Waals surface area contributed by atoms with Crippen molar-refractivity contribution in [3.05, 3.63) is 53.7 Å². The molecule has 1 aromatic heterocycles. The van der Waals surface area contributed by atoms with Gasteiger partial charge in [-0.05, 0) is 24.5 Å². The number of nitriles is 1. The molecular weight excluding hydrogens is 310 g/mol. The minimum absolute atomic E-state index is 0.0302. The minimum Gasteiger partial charge on any atom is -0.471 e. The van der Waals surface area contributed by atoms with Crippen molar-refractivity contribution in [2.45, 2.75) is 11.0 Å². The molecule has 0 spiro atoms. The van der Waals surface area contributed by atoms with Gasteiger partial charge in [-0.2, -0.15) is 5.26 Å². The van der Waals surface area contributed by atoms with Crippen molar-refractivity contribution in [2.75, 3.05) is 19.3 Å². The number of amides is 1. The number of aromatic nitrogens is 1. The number of hydrogen-bond donors (Lipinski definition) is 0. The highest BCUT2D eigenvalue weighted by Crippen LogP contribution is 2.24. The Morgan fingerprint density at radius 2 is 2.13 bits per heavy atom. The number of nitrogens with zero attached hydrogens (tertiary/aromatic N) is 3. The van der Waals surface area contributed by atoms with Crippen LogP contribution in [-0.2, 0) is 0 Å². The van der Waals surface area contributed by atoms with E-state index < -0.39 is 0 Å². The summed E-state index contributed by atoms with van der Waals surface area (Å²) in [5.74, 6) is 0.508. The molecule has 2 aromatic rings. The summed E-state index contributed by atoms with van der Waals surface area (Å²) in [6, 6.07) is 13.0. The molecule has 0 saturated carbocycles. The number of thioether (sulfide) groups is 1. The van der Waals surface area contributed by atoms with Crippen LogP contribution in [0.5, 0.6) is 5.88 Å². The zero-order chi connectivity index (χ0) is 16.2. The number of pyridine rings is 1. The molecule has 1 aliphatic rings. The molecule has 5 nitrogen and oxygen atoms in total. The fourth-order valence-corrected chi connectivity index (χ4v) is 2.95. The van der Waals surface area contributed by atoms with Gasteiger partial charge in [-0.25, -0.2) is 4.98 Å². The first-order valence-electron chi connectivity index (χ1n) is 7.16. The van der Waals surface area contributed by atoms with E-state index in [0.717, 1.165) is 10.5 Å². The number of ether oxygens (including phenoxy) is 1. The van der Waals surface area contributed by atoms with Crippen molar-refractivity contribution < 1.29 is 9.53 Å². The number of rotatable bonds is 4. The Labute approximate surface area is 138 Å². The van der Waals surface area contributed by atoms with Gasteiger partial charge in [0, 0.05) is 17.2 Å². The lowest BCUT2D eigenvalue weighted by atomic mass is 10.1. The molecule has 1 amide bonds. The lowest BCUT2D eigenvalue weighted by molar-refractivity contribution is 0.0157. The summed E-state index contributed by atoms with van der Waals surface area (Å²) in [6.45, 7) is 1.09. The Morgan fingerprint density at radius 1 is 1.35 bits per heavy atom. The molecule has 23 heavy (non-hydrogen) atoms. The second-order valence-electron chi connectivity index (χ2n) is 5.15. The molecule has 0 aliphatic carbocycles. The maximum absolute atomic E-state index is 12.5. The summed E-state index contributed by atoms with van der Waals surface area (Å²) in [4.78, 5) is 19.3.